The van der Waals surface area contributed by atoms with Crippen LogP contribution in [0.1, 0.15) is 11.3 Å². The van der Waals surface area contributed by atoms with Crippen LogP contribution in [0.3, 0.4) is 0 Å². The molecule has 0 aliphatic heterocycles. The van der Waals surface area contributed by atoms with Crippen molar-refractivity contribution in [3.63, 3.8) is 0 Å². The molecule has 0 atom stereocenters. The Morgan fingerprint density at radius 2 is 2.33 bits per heavy atom. The quantitative estimate of drug-likeness (QED) is 0.820. The minimum absolute atomic E-state index is 0.166. The van der Waals surface area contributed by atoms with Crippen molar-refractivity contribution < 1.29 is 0 Å². The average molecular weight is 241 g/mol. The summed E-state index contributed by atoms with van der Waals surface area (Å²) in [6.45, 7) is 1.99. The molecule has 3 nitrogen and oxygen atoms in total. The van der Waals surface area contributed by atoms with Crippen LogP contribution < -0.4 is 5.56 Å². The molecular formula is C10H9ClN2OS. The molecule has 0 aromatic carbocycles. The number of H-pyrrole nitrogens is 1. The van der Waals surface area contributed by atoms with Gasteiger partial charge in [-0.1, -0.05) is 0 Å². The number of hydrogen-bond donors (Lipinski definition) is 1. The van der Waals surface area contributed by atoms with Crippen LogP contribution in [-0.4, -0.2) is 9.97 Å². The smallest absolute Gasteiger partial charge is 0.251 e. The molecule has 2 heterocycles. The molecule has 1 N–H and O–H groups in total. The summed E-state index contributed by atoms with van der Waals surface area (Å²) in [6.07, 6.45) is 0. The Hall–Kier alpha value is -1.13. The van der Waals surface area contributed by atoms with E-state index in [1.165, 1.54) is 6.07 Å². The Morgan fingerprint density at radius 3 is 2.93 bits per heavy atom. The summed E-state index contributed by atoms with van der Waals surface area (Å²) in [5, 5.41) is 3.98. The highest BCUT2D eigenvalue weighted by Crippen LogP contribution is 2.22. The average Bonchev–Trinajstić information content (AvgIpc) is 2.63. The second-order valence-electron chi connectivity index (χ2n) is 3.19. The van der Waals surface area contributed by atoms with Crippen molar-refractivity contribution >= 4 is 22.9 Å². The number of alkyl halides is 1. The van der Waals surface area contributed by atoms with E-state index < -0.39 is 0 Å². The van der Waals surface area contributed by atoms with Crippen molar-refractivity contribution in [2.75, 3.05) is 0 Å². The van der Waals surface area contributed by atoms with Gasteiger partial charge in [0, 0.05) is 17.0 Å². The molecule has 5 heteroatoms. The fraction of sp³-hybridized carbons (Fsp3) is 0.200. The lowest BCUT2D eigenvalue weighted by atomic mass is 10.2. The molecule has 15 heavy (non-hydrogen) atoms. The van der Waals surface area contributed by atoms with Gasteiger partial charge in [-0.3, -0.25) is 4.79 Å². The number of aryl methyl sites for hydroxylation is 1. The largest absolute Gasteiger partial charge is 0.306 e. The summed E-state index contributed by atoms with van der Waals surface area (Å²) in [4.78, 5) is 18.3. The summed E-state index contributed by atoms with van der Waals surface area (Å²) in [5.41, 5.74) is 2.50. The zero-order valence-electron chi connectivity index (χ0n) is 8.08. The van der Waals surface area contributed by atoms with E-state index >= 15 is 0 Å². The Kier molecular flexibility index (Phi) is 2.88. The first-order valence-corrected chi connectivity index (χ1v) is 5.88. The van der Waals surface area contributed by atoms with E-state index in [0.717, 1.165) is 11.1 Å². The molecule has 0 spiro atoms. The van der Waals surface area contributed by atoms with Crippen molar-refractivity contribution in [3.05, 3.63) is 38.4 Å². The molecule has 2 rings (SSSR count). The van der Waals surface area contributed by atoms with Crippen LogP contribution in [0, 0.1) is 6.92 Å². The Morgan fingerprint density at radius 1 is 1.53 bits per heavy atom. The highest BCUT2D eigenvalue weighted by Gasteiger charge is 2.06. The Labute approximate surface area is 95.8 Å². The van der Waals surface area contributed by atoms with Gasteiger partial charge in [-0.15, -0.1) is 11.6 Å². The summed E-state index contributed by atoms with van der Waals surface area (Å²) in [5.74, 6) is 0.844. The molecule has 0 bridgehead atoms. The molecule has 78 valence electrons. The van der Waals surface area contributed by atoms with Crippen molar-refractivity contribution in [2.24, 2.45) is 0 Å². The number of aromatic nitrogens is 2. The molecule has 0 amide bonds. The van der Waals surface area contributed by atoms with Crippen LogP contribution in [0.2, 0.25) is 0 Å². The van der Waals surface area contributed by atoms with Crippen LogP contribution in [-0.2, 0) is 5.88 Å². The van der Waals surface area contributed by atoms with E-state index in [-0.39, 0.29) is 11.4 Å². The molecule has 0 radical (unpaired) electrons. The molecule has 0 saturated carbocycles. The first-order valence-electron chi connectivity index (χ1n) is 4.40. The number of rotatable bonds is 2. The van der Waals surface area contributed by atoms with E-state index in [1.807, 2.05) is 17.7 Å². The molecule has 0 aliphatic carbocycles. The molecular weight excluding hydrogens is 232 g/mol. The maximum absolute atomic E-state index is 11.3. The highest BCUT2D eigenvalue weighted by atomic mass is 35.5. The van der Waals surface area contributed by atoms with Crippen molar-refractivity contribution in [2.45, 2.75) is 12.8 Å². The van der Waals surface area contributed by atoms with Gasteiger partial charge in [0.2, 0.25) is 0 Å². The minimum Gasteiger partial charge on any atom is -0.306 e. The van der Waals surface area contributed by atoms with E-state index in [2.05, 4.69) is 9.97 Å². The molecule has 0 saturated heterocycles. The van der Waals surface area contributed by atoms with Gasteiger partial charge in [0.25, 0.3) is 5.56 Å². The van der Waals surface area contributed by atoms with E-state index in [4.69, 9.17) is 11.6 Å². The SMILES string of the molecule is Cc1cscc1-c1nc(CCl)cc(=O)[nH]1. The lowest BCUT2D eigenvalue weighted by molar-refractivity contribution is 1.06. The highest BCUT2D eigenvalue weighted by molar-refractivity contribution is 7.08. The van der Waals surface area contributed by atoms with Crippen LogP contribution >= 0.6 is 22.9 Å². The summed E-state index contributed by atoms with van der Waals surface area (Å²) < 4.78 is 0. The number of aromatic amines is 1. The molecule has 0 unspecified atom stereocenters. The third kappa shape index (κ3) is 2.11. The Bertz CT molecular complexity index is 532. The number of halogens is 1. The van der Waals surface area contributed by atoms with Crippen LogP contribution in [0.15, 0.2) is 21.6 Å². The molecule has 2 aromatic rings. The maximum atomic E-state index is 11.3. The summed E-state index contributed by atoms with van der Waals surface area (Å²) in [6, 6.07) is 1.41. The van der Waals surface area contributed by atoms with Gasteiger partial charge in [0.05, 0.1) is 11.6 Å². The third-order valence-corrected chi connectivity index (χ3v) is 3.18. The first kappa shape index (κ1) is 10.4. The van der Waals surface area contributed by atoms with Gasteiger partial charge >= 0.3 is 0 Å². The zero-order chi connectivity index (χ0) is 10.8. The van der Waals surface area contributed by atoms with Crippen molar-refractivity contribution in [1.29, 1.82) is 0 Å². The summed E-state index contributed by atoms with van der Waals surface area (Å²) >= 11 is 7.24. The van der Waals surface area contributed by atoms with Crippen LogP contribution in [0.4, 0.5) is 0 Å². The minimum atomic E-state index is -0.166. The fourth-order valence-corrected chi connectivity index (χ4v) is 2.28. The fourth-order valence-electron chi connectivity index (χ4n) is 1.31. The van der Waals surface area contributed by atoms with Crippen LogP contribution in [0.25, 0.3) is 11.4 Å². The molecule has 2 aromatic heterocycles. The molecule has 0 aliphatic rings. The second-order valence-corrected chi connectivity index (χ2v) is 4.20. The first-order chi connectivity index (χ1) is 7.20. The predicted octanol–water partition coefficient (Wildman–Crippen LogP) is 2.55. The number of hydrogen-bond acceptors (Lipinski definition) is 3. The number of nitrogens with one attached hydrogen (secondary N) is 1. The number of nitrogens with zero attached hydrogens (tertiary/aromatic N) is 1. The van der Waals surface area contributed by atoms with Crippen LogP contribution in [0.5, 0.6) is 0 Å². The van der Waals surface area contributed by atoms with Gasteiger partial charge in [-0.2, -0.15) is 11.3 Å². The lowest BCUT2D eigenvalue weighted by Gasteiger charge is -2.01. The second kappa shape index (κ2) is 4.16. The van der Waals surface area contributed by atoms with Gasteiger partial charge in [-0.25, -0.2) is 4.98 Å². The standard InChI is InChI=1S/C10H9ClN2OS/c1-6-4-15-5-8(6)10-12-7(3-11)2-9(14)13-10/h2,4-5H,3H2,1H3,(H,12,13,14). The normalized spacial score (nSPS) is 10.5. The predicted molar refractivity (Wildman–Crippen MR) is 62.5 cm³/mol. The van der Waals surface area contributed by atoms with Gasteiger partial charge in [0.1, 0.15) is 5.82 Å². The van der Waals surface area contributed by atoms with E-state index in [1.54, 1.807) is 11.3 Å². The molecule has 0 fully saturated rings. The summed E-state index contributed by atoms with van der Waals surface area (Å²) in [7, 11) is 0. The lowest BCUT2D eigenvalue weighted by Crippen LogP contribution is -2.09. The van der Waals surface area contributed by atoms with Crippen molar-refractivity contribution in [3.8, 4) is 11.4 Å². The third-order valence-electron chi connectivity index (χ3n) is 2.04. The van der Waals surface area contributed by atoms with E-state index in [9.17, 15) is 4.79 Å². The van der Waals surface area contributed by atoms with E-state index in [0.29, 0.717) is 11.5 Å². The van der Waals surface area contributed by atoms with Gasteiger partial charge in [0.15, 0.2) is 0 Å². The topological polar surface area (TPSA) is 45.8 Å². The number of thiophene rings is 1. The Balaban J connectivity index is 2.58. The van der Waals surface area contributed by atoms with Gasteiger partial charge < -0.3 is 4.98 Å². The maximum Gasteiger partial charge on any atom is 0.251 e. The monoisotopic (exact) mass is 240 g/mol. The van der Waals surface area contributed by atoms with Gasteiger partial charge in [-0.05, 0) is 17.9 Å². The van der Waals surface area contributed by atoms with Crippen molar-refractivity contribution in [1.82, 2.24) is 9.97 Å². The zero-order valence-corrected chi connectivity index (χ0v) is 9.65.